The monoisotopic (exact) mass is 260 g/mol. The maximum atomic E-state index is 11.4. The van der Waals surface area contributed by atoms with E-state index in [9.17, 15) is 8.42 Å². The summed E-state index contributed by atoms with van der Waals surface area (Å²) in [5.74, 6) is 0.762. The summed E-state index contributed by atoms with van der Waals surface area (Å²) in [7, 11) is -2.73. The first kappa shape index (κ1) is 13.3. The Morgan fingerprint density at radius 1 is 1.24 bits per heavy atom. The highest BCUT2D eigenvalue weighted by molar-refractivity contribution is 7.91. The average Bonchev–Trinajstić information content (AvgIpc) is 2.79. The van der Waals surface area contributed by atoms with Crippen LogP contribution in [0, 0.1) is 0 Å². The molecule has 0 amide bonds. The van der Waals surface area contributed by atoms with E-state index in [2.05, 4.69) is 17.1 Å². The summed E-state index contributed by atoms with van der Waals surface area (Å²) in [4.78, 5) is 2.47. The third kappa shape index (κ3) is 3.66. The second kappa shape index (κ2) is 5.67. The SMILES string of the molecule is CCN(CC1CCCN1)C1CCS(=O)(=O)CC1. The van der Waals surface area contributed by atoms with Gasteiger partial charge in [-0.2, -0.15) is 0 Å². The highest BCUT2D eigenvalue weighted by Gasteiger charge is 2.28. The number of hydrogen-bond donors (Lipinski definition) is 1. The summed E-state index contributed by atoms with van der Waals surface area (Å²) in [5.41, 5.74) is 0. The Labute approximate surface area is 105 Å². The molecule has 0 aliphatic carbocycles. The van der Waals surface area contributed by atoms with Gasteiger partial charge in [-0.25, -0.2) is 8.42 Å². The Morgan fingerprint density at radius 2 is 1.94 bits per heavy atom. The molecule has 2 fully saturated rings. The normalized spacial score (nSPS) is 29.9. The van der Waals surface area contributed by atoms with Crippen LogP contribution in [0.4, 0.5) is 0 Å². The Kier molecular flexibility index (Phi) is 4.44. The van der Waals surface area contributed by atoms with Crippen molar-refractivity contribution in [3.05, 3.63) is 0 Å². The summed E-state index contributed by atoms with van der Waals surface area (Å²) < 4.78 is 22.8. The van der Waals surface area contributed by atoms with E-state index >= 15 is 0 Å². The van der Waals surface area contributed by atoms with Gasteiger partial charge in [0.15, 0.2) is 0 Å². The summed E-state index contributed by atoms with van der Waals surface area (Å²) in [5, 5.41) is 3.52. The van der Waals surface area contributed by atoms with Crippen molar-refractivity contribution in [3.63, 3.8) is 0 Å². The van der Waals surface area contributed by atoms with Crippen molar-refractivity contribution in [2.24, 2.45) is 0 Å². The lowest BCUT2D eigenvalue weighted by atomic mass is 10.1. The summed E-state index contributed by atoms with van der Waals surface area (Å²) >= 11 is 0. The number of nitrogens with zero attached hydrogens (tertiary/aromatic N) is 1. The molecule has 2 heterocycles. The molecule has 1 N–H and O–H groups in total. The van der Waals surface area contributed by atoms with Crippen LogP contribution in [0.15, 0.2) is 0 Å². The van der Waals surface area contributed by atoms with Gasteiger partial charge in [-0.3, -0.25) is 4.90 Å². The molecule has 0 saturated carbocycles. The summed E-state index contributed by atoms with van der Waals surface area (Å²) in [6.07, 6.45) is 4.19. The lowest BCUT2D eigenvalue weighted by Gasteiger charge is -2.35. The van der Waals surface area contributed by atoms with Crippen LogP contribution >= 0.6 is 0 Å². The Bertz CT molecular complexity index is 322. The largest absolute Gasteiger partial charge is 0.313 e. The van der Waals surface area contributed by atoms with E-state index in [1.807, 2.05) is 0 Å². The van der Waals surface area contributed by atoms with E-state index in [0.717, 1.165) is 32.5 Å². The molecule has 0 radical (unpaired) electrons. The standard InChI is InChI=1S/C12H24N2O2S/c1-2-14(10-11-4-3-7-13-11)12-5-8-17(15,16)9-6-12/h11-13H,2-10H2,1H3. The summed E-state index contributed by atoms with van der Waals surface area (Å²) in [6, 6.07) is 1.10. The van der Waals surface area contributed by atoms with Crippen molar-refractivity contribution in [3.8, 4) is 0 Å². The second-order valence-electron chi connectivity index (χ2n) is 5.26. The first-order valence-electron chi connectivity index (χ1n) is 6.78. The molecule has 1 unspecified atom stereocenters. The number of hydrogen-bond acceptors (Lipinski definition) is 4. The fraction of sp³-hybridized carbons (Fsp3) is 1.00. The minimum Gasteiger partial charge on any atom is -0.313 e. The van der Waals surface area contributed by atoms with Gasteiger partial charge >= 0.3 is 0 Å². The Balaban J connectivity index is 1.85. The lowest BCUT2D eigenvalue weighted by Crippen LogP contribution is -2.46. The van der Waals surface area contributed by atoms with Gasteiger partial charge in [0.2, 0.25) is 0 Å². The van der Waals surface area contributed by atoms with E-state index in [4.69, 9.17) is 0 Å². The molecule has 4 nitrogen and oxygen atoms in total. The van der Waals surface area contributed by atoms with Gasteiger partial charge in [0.1, 0.15) is 9.84 Å². The van der Waals surface area contributed by atoms with E-state index in [1.165, 1.54) is 12.8 Å². The zero-order valence-corrected chi connectivity index (χ0v) is 11.5. The molecule has 0 aromatic carbocycles. The third-order valence-electron chi connectivity index (χ3n) is 4.06. The first-order valence-corrected chi connectivity index (χ1v) is 8.61. The third-order valence-corrected chi connectivity index (χ3v) is 5.78. The van der Waals surface area contributed by atoms with E-state index in [0.29, 0.717) is 23.6 Å². The zero-order valence-electron chi connectivity index (χ0n) is 10.7. The second-order valence-corrected chi connectivity index (χ2v) is 7.57. The van der Waals surface area contributed by atoms with Crippen molar-refractivity contribution in [1.29, 1.82) is 0 Å². The first-order chi connectivity index (χ1) is 8.11. The van der Waals surface area contributed by atoms with Gasteiger partial charge in [-0.05, 0) is 38.8 Å². The van der Waals surface area contributed by atoms with Crippen LogP contribution in [-0.4, -0.2) is 56.5 Å². The predicted octanol–water partition coefficient (Wildman–Crippen LogP) is 0.638. The van der Waals surface area contributed by atoms with Gasteiger partial charge < -0.3 is 5.32 Å². The van der Waals surface area contributed by atoms with Crippen LogP contribution in [0.2, 0.25) is 0 Å². The van der Waals surface area contributed by atoms with Crippen LogP contribution in [0.1, 0.15) is 32.6 Å². The highest BCUT2D eigenvalue weighted by Crippen LogP contribution is 2.19. The van der Waals surface area contributed by atoms with Gasteiger partial charge in [-0.1, -0.05) is 6.92 Å². The molecule has 2 aliphatic rings. The number of rotatable bonds is 4. The minimum atomic E-state index is -2.73. The number of likely N-dealkylation sites (N-methyl/N-ethyl adjacent to an activating group) is 1. The van der Waals surface area contributed by atoms with Gasteiger partial charge in [-0.15, -0.1) is 0 Å². The molecule has 2 aliphatic heterocycles. The van der Waals surface area contributed by atoms with Gasteiger partial charge in [0, 0.05) is 18.6 Å². The zero-order chi connectivity index (χ0) is 12.3. The lowest BCUT2D eigenvalue weighted by molar-refractivity contribution is 0.177. The maximum Gasteiger partial charge on any atom is 0.150 e. The molecule has 2 rings (SSSR count). The van der Waals surface area contributed by atoms with E-state index in [1.54, 1.807) is 0 Å². The molecule has 2 saturated heterocycles. The van der Waals surface area contributed by atoms with Gasteiger partial charge in [0.05, 0.1) is 11.5 Å². The fourth-order valence-electron chi connectivity index (χ4n) is 2.97. The highest BCUT2D eigenvalue weighted by atomic mass is 32.2. The average molecular weight is 260 g/mol. The van der Waals surface area contributed by atoms with Crippen LogP contribution in [0.3, 0.4) is 0 Å². The minimum absolute atomic E-state index is 0.381. The van der Waals surface area contributed by atoms with E-state index < -0.39 is 9.84 Å². The molecular formula is C12H24N2O2S. The van der Waals surface area contributed by atoms with Crippen molar-refractivity contribution in [1.82, 2.24) is 10.2 Å². The van der Waals surface area contributed by atoms with Crippen molar-refractivity contribution < 1.29 is 8.42 Å². The van der Waals surface area contributed by atoms with Crippen LogP contribution in [0.5, 0.6) is 0 Å². The topological polar surface area (TPSA) is 49.4 Å². The quantitative estimate of drug-likeness (QED) is 0.806. The maximum absolute atomic E-state index is 11.4. The molecule has 0 aromatic heterocycles. The Morgan fingerprint density at radius 3 is 2.47 bits per heavy atom. The molecule has 0 bridgehead atoms. The molecule has 17 heavy (non-hydrogen) atoms. The summed E-state index contributed by atoms with van der Waals surface area (Å²) in [6.45, 7) is 5.43. The molecule has 100 valence electrons. The smallest absolute Gasteiger partial charge is 0.150 e. The van der Waals surface area contributed by atoms with Crippen molar-refractivity contribution in [2.45, 2.75) is 44.7 Å². The molecule has 0 aromatic rings. The molecule has 5 heteroatoms. The molecule has 0 spiro atoms. The van der Waals surface area contributed by atoms with Crippen LogP contribution < -0.4 is 5.32 Å². The molecule has 1 atom stereocenters. The van der Waals surface area contributed by atoms with E-state index in [-0.39, 0.29) is 0 Å². The van der Waals surface area contributed by atoms with Gasteiger partial charge in [0.25, 0.3) is 0 Å². The van der Waals surface area contributed by atoms with Crippen LogP contribution in [-0.2, 0) is 9.84 Å². The fourth-order valence-corrected chi connectivity index (χ4v) is 4.44. The van der Waals surface area contributed by atoms with Crippen molar-refractivity contribution in [2.75, 3.05) is 31.1 Å². The predicted molar refractivity (Wildman–Crippen MR) is 69.9 cm³/mol. The van der Waals surface area contributed by atoms with Crippen LogP contribution in [0.25, 0.3) is 0 Å². The van der Waals surface area contributed by atoms with Crippen molar-refractivity contribution >= 4 is 9.84 Å². The number of sulfone groups is 1. The molecular weight excluding hydrogens is 236 g/mol. The number of nitrogens with one attached hydrogen (secondary N) is 1. The Hall–Kier alpha value is -0.130.